The van der Waals surface area contributed by atoms with Crippen LogP contribution in [0.5, 0.6) is 0 Å². The van der Waals surface area contributed by atoms with E-state index in [1.165, 1.54) is 0 Å². The molecule has 0 radical (unpaired) electrons. The second-order valence-corrected chi connectivity index (χ2v) is 4.48. The molecule has 0 aliphatic rings. The molecule has 0 saturated carbocycles. The molecule has 110 valence electrons. The summed E-state index contributed by atoms with van der Waals surface area (Å²) in [4.78, 5) is 23.1. The number of hydrogen-bond donors (Lipinski definition) is 2. The quantitative estimate of drug-likeness (QED) is 0.866. The van der Waals surface area contributed by atoms with Gasteiger partial charge in [0.2, 0.25) is 5.91 Å². The Bertz CT molecular complexity index is 511. The van der Waals surface area contributed by atoms with Crippen LogP contribution in [0.25, 0.3) is 0 Å². The topological polar surface area (TPSA) is 72.2 Å². The van der Waals surface area contributed by atoms with Crippen molar-refractivity contribution in [3.8, 4) is 0 Å². The summed E-state index contributed by atoms with van der Waals surface area (Å²) in [5, 5.41) is 2.17. The average molecular weight is 288 g/mol. The first-order valence-corrected chi connectivity index (χ1v) is 6.02. The molecule has 0 aliphatic carbocycles. The third-order valence-electron chi connectivity index (χ3n) is 3.04. The number of nitrogens with two attached hydrogens (primary N) is 1. The zero-order valence-electron chi connectivity index (χ0n) is 11.0. The van der Waals surface area contributed by atoms with Crippen molar-refractivity contribution >= 4 is 11.8 Å². The SMILES string of the molecule is CC[C@@H](C)[C@H](NC(=O)c1c(F)cc(F)cc1F)C(N)=O. The Hall–Kier alpha value is -2.05. The summed E-state index contributed by atoms with van der Waals surface area (Å²) in [5.74, 6) is -6.08. The van der Waals surface area contributed by atoms with Gasteiger partial charge in [0, 0.05) is 12.1 Å². The molecule has 0 bridgehead atoms. The Kier molecular flexibility index (Phi) is 5.12. The van der Waals surface area contributed by atoms with Crippen molar-refractivity contribution in [3.63, 3.8) is 0 Å². The molecule has 7 heteroatoms. The van der Waals surface area contributed by atoms with E-state index in [2.05, 4.69) is 5.32 Å². The predicted molar refractivity (Wildman–Crippen MR) is 66.2 cm³/mol. The fourth-order valence-electron chi connectivity index (χ4n) is 1.70. The lowest BCUT2D eigenvalue weighted by atomic mass is 9.98. The minimum atomic E-state index is -1.34. The number of carbonyl (C=O) groups excluding carboxylic acids is 2. The van der Waals surface area contributed by atoms with E-state index in [9.17, 15) is 22.8 Å². The van der Waals surface area contributed by atoms with Crippen molar-refractivity contribution in [2.24, 2.45) is 11.7 Å². The highest BCUT2D eigenvalue weighted by Crippen LogP contribution is 2.16. The Labute approximate surface area is 114 Å². The van der Waals surface area contributed by atoms with Gasteiger partial charge in [-0.1, -0.05) is 20.3 Å². The Morgan fingerprint density at radius 3 is 2.15 bits per heavy atom. The zero-order chi connectivity index (χ0) is 15.4. The van der Waals surface area contributed by atoms with Crippen LogP contribution in [0.4, 0.5) is 13.2 Å². The van der Waals surface area contributed by atoms with Crippen molar-refractivity contribution in [1.82, 2.24) is 5.32 Å². The van der Waals surface area contributed by atoms with Crippen LogP contribution < -0.4 is 11.1 Å². The van der Waals surface area contributed by atoms with Crippen LogP contribution >= 0.6 is 0 Å². The van der Waals surface area contributed by atoms with Gasteiger partial charge >= 0.3 is 0 Å². The largest absolute Gasteiger partial charge is 0.368 e. The highest BCUT2D eigenvalue weighted by molar-refractivity contribution is 5.97. The van der Waals surface area contributed by atoms with Crippen LogP contribution in [0.2, 0.25) is 0 Å². The molecule has 1 aromatic carbocycles. The molecule has 0 fully saturated rings. The molecule has 0 unspecified atom stereocenters. The number of nitrogens with one attached hydrogen (secondary N) is 1. The monoisotopic (exact) mass is 288 g/mol. The van der Waals surface area contributed by atoms with Gasteiger partial charge < -0.3 is 11.1 Å². The molecule has 20 heavy (non-hydrogen) atoms. The second kappa shape index (κ2) is 6.40. The molecular weight excluding hydrogens is 273 g/mol. The number of halogens is 3. The van der Waals surface area contributed by atoms with Gasteiger partial charge in [-0.15, -0.1) is 0 Å². The number of amides is 2. The van der Waals surface area contributed by atoms with Gasteiger partial charge in [0.15, 0.2) is 0 Å². The average Bonchev–Trinajstić information content (AvgIpc) is 2.33. The van der Waals surface area contributed by atoms with Crippen molar-refractivity contribution in [3.05, 3.63) is 35.1 Å². The molecular formula is C13H15F3N2O2. The maximum absolute atomic E-state index is 13.4. The Morgan fingerprint density at radius 2 is 1.75 bits per heavy atom. The number of hydrogen-bond acceptors (Lipinski definition) is 2. The molecule has 2 atom stereocenters. The lowest BCUT2D eigenvalue weighted by Gasteiger charge is -2.21. The number of rotatable bonds is 5. The van der Waals surface area contributed by atoms with E-state index < -0.39 is 40.9 Å². The van der Waals surface area contributed by atoms with Crippen molar-refractivity contribution in [2.45, 2.75) is 26.3 Å². The Morgan fingerprint density at radius 1 is 1.25 bits per heavy atom. The number of carbonyl (C=O) groups is 2. The van der Waals surface area contributed by atoms with Crippen LogP contribution in [0.3, 0.4) is 0 Å². The highest BCUT2D eigenvalue weighted by Gasteiger charge is 2.27. The molecule has 3 N–H and O–H groups in total. The molecule has 0 heterocycles. The van der Waals surface area contributed by atoms with E-state index >= 15 is 0 Å². The van der Waals surface area contributed by atoms with Crippen LogP contribution in [0, 0.1) is 23.4 Å². The molecule has 0 aliphatic heterocycles. The van der Waals surface area contributed by atoms with Crippen LogP contribution in [-0.4, -0.2) is 17.9 Å². The minimum absolute atomic E-state index is 0.303. The zero-order valence-corrected chi connectivity index (χ0v) is 11.0. The van der Waals surface area contributed by atoms with E-state index in [4.69, 9.17) is 5.73 Å². The summed E-state index contributed by atoms with van der Waals surface area (Å²) >= 11 is 0. The maximum atomic E-state index is 13.4. The summed E-state index contributed by atoms with van der Waals surface area (Å²) in [6, 6.07) is -0.280. The summed E-state index contributed by atoms with van der Waals surface area (Å²) in [6.45, 7) is 3.43. The molecule has 0 saturated heterocycles. The fourth-order valence-corrected chi connectivity index (χ4v) is 1.70. The molecule has 4 nitrogen and oxygen atoms in total. The number of benzene rings is 1. The van der Waals surface area contributed by atoms with Crippen LogP contribution in [0.15, 0.2) is 12.1 Å². The highest BCUT2D eigenvalue weighted by atomic mass is 19.1. The fraction of sp³-hybridized carbons (Fsp3) is 0.385. The first-order chi connectivity index (χ1) is 9.27. The van der Waals surface area contributed by atoms with Gasteiger partial charge in [0.05, 0.1) is 0 Å². The van der Waals surface area contributed by atoms with E-state index in [0.717, 1.165) is 0 Å². The smallest absolute Gasteiger partial charge is 0.257 e. The van der Waals surface area contributed by atoms with Gasteiger partial charge in [0.1, 0.15) is 29.1 Å². The second-order valence-electron chi connectivity index (χ2n) is 4.48. The molecule has 0 aromatic heterocycles. The first kappa shape index (κ1) is 16.0. The summed E-state index contributed by atoms with van der Waals surface area (Å²) in [5.41, 5.74) is 4.20. The molecule has 1 aromatic rings. The third-order valence-corrected chi connectivity index (χ3v) is 3.04. The van der Waals surface area contributed by atoms with Gasteiger partial charge in [-0.2, -0.15) is 0 Å². The van der Waals surface area contributed by atoms with E-state index in [1.807, 2.05) is 0 Å². The summed E-state index contributed by atoms with van der Waals surface area (Å²) in [6.07, 6.45) is 0.530. The van der Waals surface area contributed by atoms with Gasteiger partial charge in [0.25, 0.3) is 5.91 Å². The Balaban J connectivity index is 3.04. The van der Waals surface area contributed by atoms with E-state index in [1.54, 1.807) is 13.8 Å². The van der Waals surface area contributed by atoms with Gasteiger partial charge in [-0.05, 0) is 5.92 Å². The van der Waals surface area contributed by atoms with Crippen LogP contribution in [-0.2, 0) is 4.79 Å². The lowest BCUT2D eigenvalue weighted by molar-refractivity contribution is -0.120. The van der Waals surface area contributed by atoms with Crippen LogP contribution in [0.1, 0.15) is 30.6 Å². The lowest BCUT2D eigenvalue weighted by Crippen LogP contribution is -2.48. The first-order valence-electron chi connectivity index (χ1n) is 6.02. The van der Waals surface area contributed by atoms with Crippen molar-refractivity contribution in [1.29, 1.82) is 0 Å². The molecule has 0 spiro atoms. The van der Waals surface area contributed by atoms with E-state index in [0.29, 0.717) is 18.6 Å². The normalized spacial score (nSPS) is 13.7. The van der Waals surface area contributed by atoms with E-state index in [-0.39, 0.29) is 5.92 Å². The number of primary amides is 1. The molecule has 2 amide bonds. The van der Waals surface area contributed by atoms with Gasteiger partial charge in [-0.25, -0.2) is 13.2 Å². The van der Waals surface area contributed by atoms with Gasteiger partial charge in [-0.3, -0.25) is 9.59 Å². The molecule has 1 rings (SSSR count). The van der Waals surface area contributed by atoms with Crippen molar-refractivity contribution in [2.75, 3.05) is 0 Å². The maximum Gasteiger partial charge on any atom is 0.257 e. The summed E-state index contributed by atoms with van der Waals surface area (Å²) < 4.78 is 39.6. The third kappa shape index (κ3) is 3.49. The summed E-state index contributed by atoms with van der Waals surface area (Å²) in [7, 11) is 0. The van der Waals surface area contributed by atoms with Crippen molar-refractivity contribution < 1.29 is 22.8 Å². The standard InChI is InChI=1S/C13H15F3N2O2/c1-3-6(2)11(12(17)19)18-13(20)10-8(15)4-7(14)5-9(10)16/h4-6,11H,3H2,1-2H3,(H2,17,19)(H,18,20)/t6-,11+/m1/s1. The predicted octanol–water partition coefficient (Wildman–Crippen LogP) is 1.73. The minimum Gasteiger partial charge on any atom is -0.368 e.